The van der Waals surface area contributed by atoms with Gasteiger partial charge in [-0.3, -0.25) is 0 Å². The Morgan fingerprint density at radius 2 is 1.19 bits per heavy atom. The Morgan fingerprint density at radius 3 is 1.56 bits per heavy atom. The fraction of sp³-hybridized carbons (Fsp3) is 0.692. The monoisotopic (exact) mass is 266 g/mol. The lowest BCUT2D eigenvalue weighted by atomic mass is 10.9. The van der Waals surface area contributed by atoms with E-state index in [0.717, 1.165) is 0 Å². The summed E-state index contributed by atoms with van der Waals surface area (Å²) in [5, 5.41) is 0. The minimum Gasteiger partial charge on any atom is -0.139 e. The molecule has 0 aliphatic carbocycles. The normalized spacial score (nSPS) is 12.6. The maximum Gasteiger partial charge on any atom is 0.131 e. The Balaban J connectivity index is 4.48. The highest BCUT2D eigenvalue weighted by atomic mass is 28.3. The first-order chi connectivity index (χ1) is 6.97. The maximum atomic E-state index is 5.58. The number of rotatable bonds is 3. The molecule has 0 aliphatic heterocycles. The molecule has 0 aromatic carbocycles. The van der Waals surface area contributed by atoms with Crippen LogP contribution >= 0.6 is 0 Å². The van der Waals surface area contributed by atoms with Crippen LogP contribution in [-0.2, 0) is 0 Å². The van der Waals surface area contributed by atoms with Crippen LogP contribution in [-0.4, -0.2) is 24.2 Å². The van der Waals surface area contributed by atoms with Crippen LogP contribution in [0.15, 0.2) is 0 Å². The van der Waals surface area contributed by atoms with Crippen molar-refractivity contribution in [3.8, 4) is 23.1 Å². The summed E-state index contributed by atoms with van der Waals surface area (Å²) in [6.07, 6.45) is 5.58. The van der Waals surface area contributed by atoms with Gasteiger partial charge in [-0.15, -0.1) is 23.1 Å². The van der Waals surface area contributed by atoms with Gasteiger partial charge in [0.15, 0.2) is 0 Å². The fourth-order valence-electron chi connectivity index (χ4n) is 1.12. The van der Waals surface area contributed by atoms with Gasteiger partial charge in [0.1, 0.15) is 24.2 Å². The predicted octanol–water partition coefficient (Wildman–Crippen LogP) is 4.00. The standard InChI is InChI=1S/C13H26Si3/c1-9-15(5,6)12-13-16(7,8)11-10-14(2,3)4/h1H,12-13H2,2-8H3. The van der Waals surface area contributed by atoms with Gasteiger partial charge in [0, 0.05) is 0 Å². The van der Waals surface area contributed by atoms with E-state index in [2.05, 4.69) is 62.5 Å². The van der Waals surface area contributed by atoms with Crippen LogP contribution in [0.2, 0.25) is 57.9 Å². The molecule has 3 heteroatoms. The molecule has 0 rings (SSSR count). The molecule has 0 bridgehead atoms. The lowest BCUT2D eigenvalue weighted by molar-refractivity contribution is 1.31. The largest absolute Gasteiger partial charge is 0.139 e. The van der Waals surface area contributed by atoms with Gasteiger partial charge in [0.2, 0.25) is 0 Å². The van der Waals surface area contributed by atoms with Gasteiger partial charge in [-0.05, 0) is 12.1 Å². The molecule has 0 heterocycles. The first kappa shape index (κ1) is 15.8. The average molecular weight is 267 g/mol. The van der Waals surface area contributed by atoms with Crippen LogP contribution < -0.4 is 0 Å². The van der Waals surface area contributed by atoms with Gasteiger partial charge in [-0.1, -0.05) is 45.8 Å². The molecule has 0 aromatic rings. The van der Waals surface area contributed by atoms with Crippen molar-refractivity contribution in [3.05, 3.63) is 0 Å². The van der Waals surface area contributed by atoms with Crippen LogP contribution in [0.5, 0.6) is 0 Å². The van der Waals surface area contributed by atoms with Crippen molar-refractivity contribution in [2.75, 3.05) is 0 Å². The number of terminal acetylenes is 1. The Labute approximate surface area is 105 Å². The molecule has 0 fully saturated rings. The highest BCUT2D eigenvalue weighted by Crippen LogP contribution is 2.19. The number of hydrogen-bond donors (Lipinski definition) is 0. The van der Waals surface area contributed by atoms with Crippen LogP contribution in [0.1, 0.15) is 0 Å². The third-order valence-corrected chi connectivity index (χ3v) is 8.75. The zero-order chi connectivity index (χ0) is 13.0. The van der Waals surface area contributed by atoms with Crippen LogP contribution in [0.4, 0.5) is 0 Å². The average Bonchev–Trinajstić information content (AvgIpc) is 2.12. The molecule has 0 unspecified atom stereocenters. The van der Waals surface area contributed by atoms with Crippen molar-refractivity contribution in [3.63, 3.8) is 0 Å². The SMILES string of the molecule is C#C[Si](C)(C)CC[Si](C)(C)C#C[Si](C)(C)C. The molecule has 0 amide bonds. The summed E-state index contributed by atoms with van der Waals surface area (Å²) < 4.78 is 0. The second-order valence-corrected chi connectivity index (χ2v) is 20.7. The predicted molar refractivity (Wildman–Crippen MR) is 84.5 cm³/mol. The van der Waals surface area contributed by atoms with Gasteiger partial charge in [-0.25, -0.2) is 0 Å². The van der Waals surface area contributed by atoms with E-state index >= 15 is 0 Å². The molecule has 0 radical (unpaired) electrons. The molecule has 16 heavy (non-hydrogen) atoms. The van der Waals surface area contributed by atoms with Crippen molar-refractivity contribution in [1.82, 2.24) is 0 Å². The van der Waals surface area contributed by atoms with Gasteiger partial charge in [-0.2, -0.15) is 0 Å². The molecule has 0 saturated heterocycles. The molecule has 0 nitrogen and oxygen atoms in total. The minimum absolute atomic E-state index is 1.21. The highest BCUT2D eigenvalue weighted by Gasteiger charge is 2.25. The van der Waals surface area contributed by atoms with E-state index < -0.39 is 24.2 Å². The first-order valence-corrected chi connectivity index (χ1v) is 15.9. The van der Waals surface area contributed by atoms with Gasteiger partial charge < -0.3 is 0 Å². The summed E-state index contributed by atoms with van der Waals surface area (Å²) in [5.41, 5.74) is 10.1. The molecular formula is C13H26Si3. The van der Waals surface area contributed by atoms with E-state index in [9.17, 15) is 0 Å². The van der Waals surface area contributed by atoms with Gasteiger partial charge in [0.05, 0.1) is 0 Å². The van der Waals surface area contributed by atoms with Gasteiger partial charge in [0.25, 0.3) is 0 Å². The summed E-state index contributed by atoms with van der Waals surface area (Å²) in [6.45, 7) is 16.2. The molecule has 0 aliphatic rings. The van der Waals surface area contributed by atoms with Crippen molar-refractivity contribution in [1.29, 1.82) is 0 Å². The first-order valence-electron chi connectivity index (χ1n) is 6.00. The topological polar surface area (TPSA) is 0 Å². The summed E-state index contributed by atoms with van der Waals surface area (Å²) in [5.74, 6) is 0. The summed E-state index contributed by atoms with van der Waals surface area (Å²) in [7, 11) is -3.89. The molecular weight excluding hydrogens is 240 g/mol. The van der Waals surface area contributed by atoms with Gasteiger partial charge >= 0.3 is 0 Å². The Morgan fingerprint density at radius 1 is 0.750 bits per heavy atom. The quantitative estimate of drug-likeness (QED) is 0.535. The Hall–Kier alpha value is -0.229. The smallest absolute Gasteiger partial charge is 0.131 e. The van der Waals surface area contributed by atoms with Crippen LogP contribution in [0, 0.1) is 23.1 Å². The summed E-state index contributed by atoms with van der Waals surface area (Å²) in [6, 6.07) is 2.51. The fourth-order valence-corrected chi connectivity index (χ4v) is 9.24. The molecule has 90 valence electrons. The maximum absolute atomic E-state index is 5.58. The zero-order valence-electron chi connectivity index (χ0n) is 12.0. The van der Waals surface area contributed by atoms with Crippen LogP contribution in [0.3, 0.4) is 0 Å². The van der Waals surface area contributed by atoms with Crippen molar-refractivity contribution >= 4 is 24.2 Å². The summed E-state index contributed by atoms with van der Waals surface area (Å²) in [4.78, 5) is 0. The summed E-state index contributed by atoms with van der Waals surface area (Å²) >= 11 is 0. The Bertz CT molecular complexity index is 329. The van der Waals surface area contributed by atoms with E-state index in [-0.39, 0.29) is 0 Å². The third-order valence-electron chi connectivity index (χ3n) is 2.54. The Kier molecular flexibility index (Phi) is 5.32. The van der Waals surface area contributed by atoms with Crippen molar-refractivity contribution in [2.24, 2.45) is 0 Å². The second kappa shape index (κ2) is 5.40. The van der Waals surface area contributed by atoms with E-state index in [0.29, 0.717) is 0 Å². The molecule has 0 aromatic heterocycles. The highest BCUT2D eigenvalue weighted by molar-refractivity contribution is 6.92. The zero-order valence-corrected chi connectivity index (χ0v) is 15.0. The lowest BCUT2D eigenvalue weighted by Crippen LogP contribution is -2.31. The molecule has 0 saturated carbocycles. The molecule has 0 atom stereocenters. The van der Waals surface area contributed by atoms with E-state index in [1.54, 1.807) is 0 Å². The van der Waals surface area contributed by atoms with E-state index in [4.69, 9.17) is 6.42 Å². The van der Waals surface area contributed by atoms with Crippen molar-refractivity contribution < 1.29 is 0 Å². The third kappa shape index (κ3) is 7.99. The molecule has 0 spiro atoms. The van der Waals surface area contributed by atoms with E-state index in [1.165, 1.54) is 12.1 Å². The number of hydrogen-bond acceptors (Lipinski definition) is 0. The second-order valence-electron chi connectivity index (χ2n) is 6.91. The molecule has 0 N–H and O–H groups in total. The van der Waals surface area contributed by atoms with Crippen molar-refractivity contribution in [2.45, 2.75) is 57.9 Å². The lowest BCUT2D eigenvalue weighted by Gasteiger charge is -2.21. The minimum atomic E-state index is -1.36. The van der Waals surface area contributed by atoms with Crippen LogP contribution in [0.25, 0.3) is 0 Å². The van der Waals surface area contributed by atoms with E-state index in [1.807, 2.05) is 0 Å².